The molecule has 1 aliphatic rings. The number of aromatic nitrogens is 1. The van der Waals surface area contributed by atoms with E-state index in [0.29, 0.717) is 0 Å². The highest BCUT2D eigenvalue weighted by Gasteiger charge is 2.16. The van der Waals surface area contributed by atoms with Crippen LogP contribution in [0.1, 0.15) is 24.8 Å². The molecule has 1 aromatic carbocycles. The minimum atomic E-state index is 1.12. The number of rotatable bonds is 3. The fourth-order valence-electron chi connectivity index (χ4n) is 3.35. The molecule has 118 valence electrons. The van der Waals surface area contributed by atoms with E-state index in [2.05, 4.69) is 52.2 Å². The molecule has 1 saturated heterocycles. The van der Waals surface area contributed by atoms with Crippen molar-refractivity contribution in [3.63, 3.8) is 0 Å². The van der Waals surface area contributed by atoms with Crippen LogP contribution < -0.4 is 10.2 Å². The molecule has 3 aromatic rings. The van der Waals surface area contributed by atoms with E-state index in [-0.39, 0.29) is 0 Å². The third-order valence-electron chi connectivity index (χ3n) is 4.58. The Kier molecular flexibility index (Phi) is 3.92. The Hall–Kier alpha value is -2.07. The molecule has 4 heteroatoms. The summed E-state index contributed by atoms with van der Waals surface area (Å²) in [5, 5.41) is 10.3. The molecule has 3 nitrogen and oxygen atoms in total. The SMILES string of the molecule is Cc1ccc2c(N3CCCCC3)nccc2c1Nc1ccsc1. The van der Waals surface area contributed by atoms with E-state index in [9.17, 15) is 0 Å². The Morgan fingerprint density at radius 1 is 1.04 bits per heavy atom. The van der Waals surface area contributed by atoms with Gasteiger partial charge in [0.05, 0.1) is 0 Å². The summed E-state index contributed by atoms with van der Waals surface area (Å²) in [5.41, 5.74) is 3.61. The molecule has 0 aliphatic carbocycles. The molecule has 0 radical (unpaired) electrons. The number of hydrogen-bond acceptors (Lipinski definition) is 4. The van der Waals surface area contributed by atoms with Gasteiger partial charge < -0.3 is 10.2 Å². The fourth-order valence-corrected chi connectivity index (χ4v) is 3.94. The van der Waals surface area contributed by atoms with Crippen LogP contribution in [0.3, 0.4) is 0 Å². The van der Waals surface area contributed by atoms with Crippen molar-refractivity contribution in [2.24, 2.45) is 0 Å². The van der Waals surface area contributed by atoms with Gasteiger partial charge in [-0.3, -0.25) is 0 Å². The zero-order valence-corrected chi connectivity index (χ0v) is 14.2. The number of aryl methyl sites for hydroxylation is 1. The van der Waals surface area contributed by atoms with Crippen molar-refractivity contribution in [3.8, 4) is 0 Å². The average molecular weight is 323 g/mol. The molecule has 4 rings (SSSR count). The van der Waals surface area contributed by atoms with Crippen molar-refractivity contribution in [2.45, 2.75) is 26.2 Å². The third kappa shape index (κ3) is 2.79. The number of fused-ring (bicyclic) bond motifs is 1. The molecule has 0 atom stereocenters. The van der Waals surface area contributed by atoms with Crippen molar-refractivity contribution in [3.05, 3.63) is 46.8 Å². The summed E-state index contributed by atoms with van der Waals surface area (Å²) in [6.07, 6.45) is 5.82. The second-order valence-corrected chi connectivity index (χ2v) is 6.95. The van der Waals surface area contributed by atoms with E-state index in [1.165, 1.54) is 41.3 Å². The van der Waals surface area contributed by atoms with Crippen LogP contribution in [0.25, 0.3) is 10.8 Å². The minimum Gasteiger partial charge on any atom is -0.356 e. The molecular weight excluding hydrogens is 302 g/mol. The van der Waals surface area contributed by atoms with E-state index in [4.69, 9.17) is 4.98 Å². The Labute approximate surface area is 141 Å². The van der Waals surface area contributed by atoms with Crippen LogP contribution in [0.2, 0.25) is 0 Å². The van der Waals surface area contributed by atoms with Crippen molar-refractivity contribution in [1.82, 2.24) is 4.98 Å². The van der Waals surface area contributed by atoms with Gasteiger partial charge >= 0.3 is 0 Å². The Morgan fingerprint density at radius 3 is 2.70 bits per heavy atom. The highest BCUT2D eigenvalue weighted by atomic mass is 32.1. The Bertz CT molecular complexity index is 805. The van der Waals surface area contributed by atoms with Gasteiger partial charge in [0.2, 0.25) is 0 Å². The van der Waals surface area contributed by atoms with Crippen molar-refractivity contribution in [2.75, 3.05) is 23.3 Å². The lowest BCUT2D eigenvalue weighted by Gasteiger charge is -2.29. The van der Waals surface area contributed by atoms with E-state index in [1.807, 2.05) is 6.20 Å². The monoisotopic (exact) mass is 323 g/mol. The molecule has 0 bridgehead atoms. The maximum absolute atomic E-state index is 4.70. The molecule has 2 aromatic heterocycles. The normalized spacial score (nSPS) is 15.1. The second kappa shape index (κ2) is 6.20. The number of anilines is 3. The number of hydrogen-bond donors (Lipinski definition) is 1. The van der Waals surface area contributed by atoms with Crippen molar-refractivity contribution >= 4 is 39.3 Å². The summed E-state index contributed by atoms with van der Waals surface area (Å²) in [6, 6.07) is 8.67. The first kappa shape index (κ1) is 14.5. The van der Waals surface area contributed by atoms with Gasteiger partial charge in [-0.05, 0) is 49.3 Å². The van der Waals surface area contributed by atoms with Crippen LogP contribution in [0.4, 0.5) is 17.2 Å². The number of nitrogens with one attached hydrogen (secondary N) is 1. The molecule has 0 unspecified atom stereocenters. The van der Waals surface area contributed by atoms with Crippen LogP contribution in [-0.4, -0.2) is 18.1 Å². The summed E-state index contributed by atoms with van der Waals surface area (Å²) in [4.78, 5) is 7.14. The molecule has 1 aliphatic heterocycles. The maximum atomic E-state index is 4.70. The van der Waals surface area contributed by atoms with Crippen LogP contribution in [-0.2, 0) is 0 Å². The van der Waals surface area contributed by atoms with Crippen LogP contribution in [0.5, 0.6) is 0 Å². The zero-order chi connectivity index (χ0) is 15.6. The lowest BCUT2D eigenvalue weighted by molar-refractivity contribution is 0.575. The number of pyridine rings is 1. The predicted octanol–water partition coefficient (Wildman–Crippen LogP) is 5.34. The van der Waals surface area contributed by atoms with Crippen LogP contribution >= 0.6 is 11.3 Å². The Morgan fingerprint density at radius 2 is 1.91 bits per heavy atom. The Balaban J connectivity index is 1.82. The first-order valence-electron chi connectivity index (χ1n) is 8.25. The highest BCUT2D eigenvalue weighted by Crippen LogP contribution is 2.35. The van der Waals surface area contributed by atoms with Crippen molar-refractivity contribution in [1.29, 1.82) is 0 Å². The lowest BCUT2D eigenvalue weighted by atomic mass is 10.0. The van der Waals surface area contributed by atoms with E-state index in [1.54, 1.807) is 11.3 Å². The minimum absolute atomic E-state index is 1.12. The van der Waals surface area contributed by atoms with E-state index < -0.39 is 0 Å². The third-order valence-corrected chi connectivity index (χ3v) is 5.26. The quantitative estimate of drug-likeness (QED) is 0.705. The number of nitrogens with zero attached hydrogens (tertiary/aromatic N) is 2. The predicted molar refractivity (Wildman–Crippen MR) is 100 cm³/mol. The summed E-state index contributed by atoms with van der Waals surface area (Å²) in [6.45, 7) is 4.40. The summed E-state index contributed by atoms with van der Waals surface area (Å²) in [5.74, 6) is 1.13. The second-order valence-electron chi connectivity index (χ2n) is 6.17. The first-order valence-corrected chi connectivity index (χ1v) is 9.20. The lowest BCUT2D eigenvalue weighted by Crippen LogP contribution is -2.30. The molecule has 0 spiro atoms. The smallest absolute Gasteiger partial charge is 0.136 e. The standard InChI is InChI=1S/C19H21N3S/c1-14-5-6-17-16(18(14)21-15-8-12-23-13-15)7-9-20-19(17)22-10-3-2-4-11-22/h5-9,12-13,21H,2-4,10-11H2,1H3. The van der Waals surface area contributed by atoms with Gasteiger partial charge in [0, 0.05) is 46.8 Å². The van der Waals surface area contributed by atoms with Gasteiger partial charge in [-0.15, -0.1) is 0 Å². The number of thiophene rings is 1. The van der Waals surface area contributed by atoms with Crippen LogP contribution in [0.15, 0.2) is 41.2 Å². The molecule has 1 fully saturated rings. The van der Waals surface area contributed by atoms with E-state index >= 15 is 0 Å². The van der Waals surface area contributed by atoms with Gasteiger partial charge in [0.25, 0.3) is 0 Å². The molecule has 0 amide bonds. The molecule has 23 heavy (non-hydrogen) atoms. The first-order chi connectivity index (χ1) is 11.3. The molecule has 1 N–H and O–H groups in total. The highest BCUT2D eigenvalue weighted by molar-refractivity contribution is 7.08. The molecule has 0 saturated carbocycles. The van der Waals surface area contributed by atoms with Gasteiger partial charge in [-0.1, -0.05) is 12.1 Å². The number of piperidine rings is 1. The van der Waals surface area contributed by atoms with Crippen molar-refractivity contribution < 1.29 is 0 Å². The van der Waals surface area contributed by atoms with Gasteiger partial charge in [-0.2, -0.15) is 11.3 Å². The maximum Gasteiger partial charge on any atom is 0.136 e. The van der Waals surface area contributed by atoms with Gasteiger partial charge in [0.1, 0.15) is 5.82 Å². The average Bonchev–Trinajstić information content (AvgIpc) is 3.11. The fraction of sp³-hybridized carbons (Fsp3) is 0.316. The summed E-state index contributed by atoms with van der Waals surface area (Å²) < 4.78 is 0. The zero-order valence-electron chi connectivity index (χ0n) is 13.4. The summed E-state index contributed by atoms with van der Waals surface area (Å²) in [7, 11) is 0. The molecular formula is C19H21N3S. The number of benzene rings is 1. The summed E-state index contributed by atoms with van der Waals surface area (Å²) >= 11 is 1.71. The largest absolute Gasteiger partial charge is 0.356 e. The van der Waals surface area contributed by atoms with E-state index in [0.717, 1.165) is 24.6 Å². The molecule has 3 heterocycles. The van der Waals surface area contributed by atoms with Gasteiger partial charge in [0.15, 0.2) is 0 Å². The topological polar surface area (TPSA) is 28.2 Å². The van der Waals surface area contributed by atoms with Gasteiger partial charge in [-0.25, -0.2) is 4.98 Å². The van der Waals surface area contributed by atoms with Crippen LogP contribution in [0, 0.1) is 6.92 Å².